The van der Waals surface area contributed by atoms with Crippen LogP contribution < -0.4 is 5.32 Å². The van der Waals surface area contributed by atoms with Crippen molar-refractivity contribution < 1.29 is 4.79 Å². The molecule has 16 heavy (non-hydrogen) atoms. The molecule has 0 aliphatic carbocycles. The van der Waals surface area contributed by atoms with Crippen molar-refractivity contribution in [2.24, 2.45) is 5.92 Å². The molecule has 0 saturated heterocycles. The van der Waals surface area contributed by atoms with Crippen molar-refractivity contribution in [3.8, 4) is 0 Å². The molecule has 88 valence electrons. The highest BCUT2D eigenvalue weighted by molar-refractivity contribution is 14.1. The van der Waals surface area contributed by atoms with E-state index in [0.717, 1.165) is 3.57 Å². The third kappa shape index (κ3) is 4.29. The maximum absolute atomic E-state index is 11.7. The van der Waals surface area contributed by atoms with E-state index < -0.39 is 0 Å². The summed E-state index contributed by atoms with van der Waals surface area (Å²) in [6.45, 7) is 4.58. The van der Waals surface area contributed by atoms with Crippen LogP contribution in [-0.4, -0.2) is 17.8 Å². The molecule has 1 aromatic rings. The first-order valence-corrected chi connectivity index (χ1v) is 6.70. The Morgan fingerprint density at radius 3 is 2.44 bits per heavy atom. The van der Waals surface area contributed by atoms with Gasteiger partial charge < -0.3 is 5.32 Å². The fourth-order valence-electron chi connectivity index (χ4n) is 1.13. The molecule has 2 nitrogen and oxygen atoms in total. The minimum Gasteiger partial charge on any atom is -0.351 e. The molecule has 4 heteroatoms. The van der Waals surface area contributed by atoms with Crippen LogP contribution in [0.25, 0.3) is 0 Å². The lowest BCUT2D eigenvalue weighted by molar-refractivity contribution is 0.0952. The molecule has 0 heterocycles. The van der Waals surface area contributed by atoms with E-state index in [1.54, 1.807) is 0 Å². The van der Waals surface area contributed by atoms with Gasteiger partial charge in [-0.3, -0.25) is 4.79 Å². The van der Waals surface area contributed by atoms with Gasteiger partial charge >= 0.3 is 0 Å². The Hall–Kier alpha value is -0.290. The SMILES string of the molecule is CC(C)C(Cl)CNC(=O)c1ccc(I)cc1. The molecular formula is C12H15ClINO. The zero-order valence-electron chi connectivity index (χ0n) is 9.34. The molecule has 1 amide bonds. The summed E-state index contributed by atoms with van der Waals surface area (Å²) in [4.78, 5) is 11.7. The lowest BCUT2D eigenvalue weighted by Crippen LogP contribution is -2.31. The summed E-state index contributed by atoms with van der Waals surface area (Å²) in [6, 6.07) is 7.46. The van der Waals surface area contributed by atoms with Crippen LogP contribution >= 0.6 is 34.2 Å². The number of halogens is 2. The maximum Gasteiger partial charge on any atom is 0.251 e. The van der Waals surface area contributed by atoms with E-state index in [4.69, 9.17) is 11.6 Å². The largest absolute Gasteiger partial charge is 0.351 e. The second-order valence-electron chi connectivity index (χ2n) is 3.98. The van der Waals surface area contributed by atoms with Gasteiger partial charge in [-0.25, -0.2) is 0 Å². The van der Waals surface area contributed by atoms with Crippen LogP contribution in [-0.2, 0) is 0 Å². The van der Waals surface area contributed by atoms with Crippen molar-refractivity contribution in [3.63, 3.8) is 0 Å². The molecule has 0 saturated carbocycles. The Kier molecular flexibility index (Phi) is 5.55. The van der Waals surface area contributed by atoms with Gasteiger partial charge in [0.2, 0.25) is 0 Å². The molecule has 0 aliphatic rings. The van der Waals surface area contributed by atoms with E-state index in [0.29, 0.717) is 18.0 Å². The Bertz CT molecular complexity index is 351. The molecule has 1 N–H and O–H groups in total. The van der Waals surface area contributed by atoms with Crippen molar-refractivity contribution in [2.45, 2.75) is 19.2 Å². The molecule has 0 aromatic heterocycles. The minimum atomic E-state index is -0.0669. The highest BCUT2D eigenvalue weighted by Gasteiger charge is 2.11. The topological polar surface area (TPSA) is 29.1 Å². The Morgan fingerprint density at radius 2 is 1.94 bits per heavy atom. The quantitative estimate of drug-likeness (QED) is 0.654. The lowest BCUT2D eigenvalue weighted by atomic mass is 10.1. The summed E-state index contributed by atoms with van der Waals surface area (Å²) >= 11 is 8.26. The predicted molar refractivity (Wildman–Crippen MR) is 76.0 cm³/mol. The highest BCUT2D eigenvalue weighted by Crippen LogP contribution is 2.09. The summed E-state index contributed by atoms with van der Waals surface area (Å²) in [5.41, 5.74) is 0.674. The summed E-state index contributed by atoms with van der Waals surface area (Å²) in [6.07, 6.45) is 0. The normalized spacial score (nSPS) is 12.6. The van der Waals surface area contributed by atoms with Crippen molar-refractivity contribution in [3.05, 3.63) is 33.4 Å². The predicted octanol–water partition coefficient (Wildman–Crippen LogP) is 3.28. The smallest absolute Gasteiger partial charge is 0.251 e. The van der Waals surface area contributed by atoms with Crippen molar-refractivity contribution in [2.75, 3.05) is 6.54 Å². The minimum absolute atomic E-state index is 0.0206. The van der Waals surface area contributed by atoms with E-state index >= 15 is 0 Å². The van der Waals surface area contributed by atoms with Crippen LogP contribution in [0.3, 0.4) is 0 Å². The van der Waals surface area contributed by atoms with Gasteiger partial charge in [0.15, 0.2) is 0 Å². The standard InChI is InChI=1S/C12H15ClINO/c1-8(2)11(13)7-15-12(16)9-3-5-10(14)6-4-9/h3-6,8,11H,7H2,1-2H3,(H,15,16). The van der Waals surface area contributed by atoms with Crippen LogP contribution in [0.4, 0.5) is 0 Å². The van der Waals surface area contributed by atoms with E-state index in [-0.39, 0.29) is 11.3 Å². The number of benzene rings is 1. The first-order valence-electron chi connectivity index (χ1n) is 5.18. The molecule has 0 spiro atoms. The number of carbonyl (C=O) groups excluding carboxylic acids is 1. The van der Waals surface area contributed by atoms with Crippen molar-refractivity contribution >= 4 is 40.1 Å². The molecule has 1 atom stereocenters. The second-order valence-corrected chi connectivity index (χ2v) is 5.78. The van der Waals surface area contributed by atoms with Crippen LogP contribution in [0.5, 0.6) is 0 Å². The van der Waals surface area contributed by atoms with Gasteiger partial charge in [0.05, 0.1) is 5.38 Å². The monoisotopic (exact) mass is 351 g/mol. The molecule has 1 rings (SSSR count). The molecule has 0 bridgehead atoms. The van der Waals surface area contributed by atoms with Gasteiger partial charge in [0.25, 0.3) is 5.91 Å². The average Bonchev–Trinajstić information content (AvgIpc) is 2.26. The van der Waals surface area contributed by atoms with Crippen LogP contribution in [0.1, 0.15) is 24.2 Å². The highest BCUT2D eigenvalue weighted by atomic mass is 127. The number of hydrogen-bond acceptors (Lipinski definition) is 1. The first kappa shape index (κ1) is 13.8. The fraction of sp³-hybridized carbons (Fsp3) is 0.417. The van der Waals surface area contributed by atoms with Gasteiger partial charge in [0, 0.05) is 15.7 Å². The number of carbonyl (C=O) groups is 1. The fourth-order valence-corrected chi connectivity index (χ4v) is 1.57. The third-order valence-corrected chi connectivity index (χ3v) is 3.66. The zero-order valence-corrected chi connectivity index (χ0v) is 12.2. The van der Waals surface area contributed by atoms with E-state index in [1.165, 1.54) is 0 Å². The van der Waals surface area contributed by atoms with E-state index in [2.05, 4.69) is 27.9 Å². The van der Waals surface area contributed by atoms with Gasteiger partial charge in [-0.1, -0.05) is 13.8 Å². The maximum atomic E-state index is 11.7. The summed E-state index contributed by atoms with van der Waals surface area (Å²) < 4.78 is 1.12. The zero-order chi connectivity index (χ0) is 12.1. The molecule has 0 radical (unpaired) electrons. The van der Waals surface area contributed by atoms with E-state index in [1.807, 2.05) is 38.1 Å². The van der Waals surface area contributed by atoms with Gasteiger partial charge in [0.1, 0.15) is 0 Å². The Labute approximate surface area is 115 Å². The molecule has 0 fully saturated rings. The van der Waals surface area contributed by atoms with Gasteiger partial charge in [-0.05, 0) is 52.8 Å². The number of hydrogen-bond donors (Lipinski definition) is 1. The van der Waals surface area contributed by atoms with Crippen molar-refractivity contribution in [1.29, 1.82) is 0 Å². The molecular weight excluding hydrogens is 336 g/mol. The Balaban J connectivity index is 2.50. The first-order chi connectivity index (χ1) is 7.50. The lowest BCUT2D eigenvalue weighted by Gasteiger charge is -2.14. The summed E-state index contributed by atoms with van der Waals surface area (Å²) in [7, 11) is 0. The Morgan fingerprint density at radius 1 is 1.38 bits per heavy atom. The number of amides is 1. The number of nitrogens with one attached hydrogen (secondary N) is 1. The van der Waals surface area contributed by atoms with Crippen molar-refractivity contribution in [1.82, 2.24) is 5.32 Å². The van der Waals surface area contributed by atoms with Gasteiger partial charge in [-0.2, -0.15) is 0 Å². The van der Waals surface area contributed by atoms with Gasteiger partial charge in [-0.15, -0.1) is 11.6 Å². The molecule has 1 unspecified atom stereocenters. The second kappa shape index (κ2) is 6.45. The van der Waals surface area contributed by atoms with E-state index in [9.17, 15) is 4.79 Å². The van der Waals surface area contributed by atoms with Crippen LogP contribution in [0.2, 0.25) is 0 Å². The summed E-state index contributed by atoms with van der Waals surface area (Å²) in [5, 5.41) is 2.81. The molecule has 1 aromatic carbocycles. The van der Waals surface area contributed by atoms with Crippen LogP contribution in [0.15, 0.2) is 24.3 Å². The number of rotatable bonds is 4. The molecule has 0 aliphatic heterocycles. The average molecular weight is 352 g/mol. The third-order valence-electron chi connectivity index (χ3n) is 2.29. The number of alkyl halides is 1. The summed E-state index contributed by atoms with van der Waals surface area (Å²) in [5.74, 6) is 0.293. The van der Waals surface area contributed by atoms with Crippen LogP contribution in [0, 0.1) is 9.49 Å².